The number of hydrogen-bond acceptors (Lipinski definition) is 4. The number of aliphatic hydroxyl groups excluding tert-OH is 1. The molecular formula is C25H27NO4. The van der Waals surface area contributed by atoms with E-state index in [0.717, 1.165) is 18.4 Å². The van der Waals surface area contributed by atoms with Gasteiger partial charge in [-0.1, -0.05) is 68.4 Å². The van der Waals surface area contributed by atoms with E-state index in [2.05, 4.69) is 13.8 Å². The third kappa shape index (κ3) is 3.77. The molecule has 2 fully saturated rings. The van der Waals surface area contributed by atoms with Crippen LogP contribution in [0.2, 0.25) is 0 Å². The molecule has 1 amide bonds. The average molecular weight is 405 g/mol. The maximum atomic E-state index is 13.0. The lowest BCUT2D eigenvalue weighted by Gasteiger charge is -2.27. The van der Waals surface area contributed by atoms with Crippen molar-refractivity contribution in [1.29, 1.82) is 0 Å². The monoisotopic (exact) mass is 405 g/mol. The van der Waals surface area contributed by atoms with Gasteiger partial charge in [0.05, 0.1) is 17.7 Å². The first kappa shape index (κ1) is 20.4. The van der Waals surface area contributed by atoms with Crippen molar-refractivity contribution in [2.75, 3.05) is 13.2 Å². The molecule has 2 saturated heterocycles. The van der Waals surface area contributed by atoms with E-state index < -0.39 is 17.7 Å². The first-order chi connectivity index (χ1) is 14.5. The predicted octanol–water partition coefficient (Wildman–Crippen LogP) is 4.41. The number of nitrogens with zero attached hydrogens (tertiary/aromatic N) is 1. The van der Waals surface area contributed by atoms with Gasteiger partial charge in [-0.2, -0.15) is 0 Å². The first-order valence-corrected chi connectivity index (χ1v) is 10.5. The number of ether oxygens (including phenoxy) is 1. The molecule has 0 aliphatic carbocycles. The minimum atomic E-state index is -0.646. The number of carbonyl (C=O) groups is 2. The minimum absolute atomic E-state index is 0.0857. The van der Waals surface area contributed by atoms with Gasteiger partial charge in [-0.3, -0.25) is 9.59 Å². The zero-order valence-electron chi connectivity index (χ0n) is 17.4. The number of hydrogen-bond donors (Lipinski definition) is 1. The quantitative estimate of drug-likeness (QED) is 0.455. The number of ketones is 1. The van der Waals surface area contributed by atoms with Gasteiger partial charge in [-0.05, 0) is 29.9 Å². The van der Waals surface area contributed by atoms with Gasteiger partial charge in [-0.15, -0.1) is 0 Å². The van der Waals surface area contributed by atoms with Crippen LogP contribution in [0, 0.1) is 0 Å². The highest BCUT2D eigenvalue weighted by Crippen LogP contribution is 2.40. The number of carbonyl (C=O) groups excluding carboxylic acids is 2. The second kappa shape index (κ2) is 8.44. The maximum Gasteiger partial charge on any atom is 0.295 e. The molecule has 5 nitrogen and oxygen atoms in total. The molecule has 2 aliphatic heterocycles. The summed E-state index contributed by atoms with van der Waals surface area (Å²) in [7, 11) is 0. The van der Waals surface area contributed by atoms with Crippen LogP contribution in [0.25, 0.3) is 5.76 Å². The molecule has 0 spiro atoms. The van der Waals surface area contributed by atoms with E-state index in [1.54, 1.807) is 29.2 Å². The summed E-state index contributed by atoms with van der Waals surface area (Å²) >= 11 is 0. The van der Waals surface area contributed by atoms with Gasteiger partial charge >= 0.3 is 0 Å². The molecule has 4 rings (SSSR count). The molecule has 2 heterocycles. The van der Waals surface area contributed by atoms with Crippen LogP contribution in [-0.4, -0.2) is 41.0 Å². The zero-order valence-corrected chi connectivity index (χ0v) is 17.4. The molecule has 30 heavy (non-hydrogen) atoms. The molecule has 0 unspecified atom stereocenters. The topological polar surface area (TPSA) is 66.8 Å². The summed E-state index contributed by atoms with van der Waals surface area (Å²) < 4.78 is 5.73. The lowest BCUT2D eigenvalue weighted by molar-refractivity contribution is -0.140. The lowest BCUT2D eigenvalue weighted by Crippen LogP contribution is -2.36. The van der Waals surface area contributed by atoms with Gasteiger partial charge in [0.25, 0.3) is 11.7 Å². The number of Topliss-reactive ketones (excluding diaryl/α,β-unsaturated/α-hetero) is 1. The fourth-order valence-electron chi connectivity index (χ4n) is 4.24. The van der Waals surface area contributed by atoms with Crippen molar-refractivity contribution in [2.45, 2.75) is 44.8 Å². The molecule has 0 bridgehead atoms. The van der Waals surface area contributed by atoms with Gasteiger partial charge in [-0.25, -0.2) is 0 Å². The Morgan fingerprint density at radius 3 is 2.40 bits per heavy atom. The standard InChI is InChI=1S/C25H27NO4/c1-16(2)17-10-12-18(13-11-17)22-21(23(27)19-7-4-3-5-8-19)24(28)25(29)26(22)15-20-9-6-14-30-20/h3-5,7-8,10-13,16,20,22,27H,6,9,14-15H2,1-2H3/t20-,22+/m1/s1. The molecule has 5 heteroatoms. The summed E-state index contributed by atoms with van der Waals surface area (Å²) in [5, 5.41) is 11.0. The van der Waals surface area contributed by atoms with Crippen LogP contribution in [0.15, 0.2) is 60.2 Å². The van der Waals surface area contributed by atoms with E-state index in [-0.39, 0.29) is 17.4 Å². The van der Waals surface area contributed by atoms with Crippen LogP contribution < -0.4 is 0 Å². The molecule has 2 atom stereocenters. The number of benzene rings is 2. The van der Waals surface area contributed by atoms with E-state index in [4.69, 9.17) is 4.74 Å². The highest BCUT2D eigenvalue weighted by atomic mass is 16.5. The van der Waals surface area contributed by atoms with Crippen LogP contribution in [0.1, 0.15) is 55.3 Å². The Hall–Kier alpha value is -2.92. The van der Waals surface area contributed by atoms with E-state index >= 15 is 0 Å². The Bertz CT molecular complexity index is 956. The molecule has 156 valence electrons. The molecule has 2 aliphatic rings. The Kier molecular flexibility index (Phi) is 5.73. The lowest BCUT2D eigenvalue weighted by atomic mass is 9.93. The number of amides is 1. The summed E-state index contributed by atoms with van der Waals surface area (Å²) in [6.45, 7) is 5.25. The highest BCUT2D eigenvalue weighted by molar-refractivity contribution is 6.46. The molecule has 2 aromatic rings. The van der Waals surface area contributed by atoms with Crippen molar-refractivity contribution < 1.29 is 19.4 Å². The number of rotatable bonds is 5. The van der Waals surface area contributed by atoms with E-state index in [1.807, 2.05) is 30.3 Å². The highest BCUT2D eigenvalue weighted by Gasteiger charge is 2.47. The molecule has 2 aromatic carbocycles. The number of aliphatic hydroxyl groups is 1. The normalized spacial score (nSPS) is 23.5. The smallest absolute Gasteiger partial charge is 0.295 e. The molecule has 0 radical (unpaired) electrons. The van der Waals surface area contributed by atoms with Crippen molar-refractivity contribution in [1.82, 2.24) is 4.90 Å². The van der Waals surface area contributed by atoms with Crippen LogP contribution in [0.4, 0.5) is 0 Å². The second-order valence-electron chi connectivity index (χ2n) is 8.27. The Balaban J connectivity index is 1.80. The van der Waals surface area contributed by atoms with Crippen LogP contribution in [-0.2, 0) is 14.3 Å². The Morgan fingerprint density at radius 2 is 1.80 bits per heavy atom. The largest absolute Gasteiger partial charge is 0.507 e. The summed E-state index contributed by atoms with van der Waals surface area (Å²) in [5.74, 6) is -0.989. The van der Waals surface area contributed by atoms with Crippen molar-refractivity contribution in [2.24, 2.45) is 0 Å². The zero-order chi connectivity index (χ0) is 21.3. The van der Waals surface area contributed by atoms with Crippen LogP contribution >= 0.6 is 0 Å². The second-order valence-corrected chi connectivity index (χ2v) is 8.27. The van der Waals surface area contributed by atoms with Gasteiger partial charge in [0, 0.05) is 18.7 Å². The molecule has 0 aromatic heterocycles. The summed E-state index contributed by atoms with van der Waals surface area (Å²) in [5.41, 5.74) is 2.66. The van der Waals surface area contributed by atoms with Crippen molar-refractivity contribution in [3.05, 3.63) is 76.9 Å². The molecule has 0 saturated carbocycles. The van der Waals surface area contributed by atoms with E-state index in [0.29, 0.717) is 24.6 Å². The van der Waals surface area contributed by atoms with Gasteiger partial charge in [0.15, 0.2) is 0 Å². The Labute approximate surface area is 177 Å². The third-order valence-electron chi connectivity index (χ3n) is 5.93. The van der Waals surface area contributed by atoms with Crippen LogP contribution in [0.5, 0.6) is 0 Å². The number of likely N-dealkylation sites (tertiary alicyclic amines) is 1. The molecular weight excluding hydrogens is 378 g/mol. The summed E-state index contributed by atoms with van der Waals surface area (Å²) in [6, 6.07) is 16.2. The van der Waals surface area contributed by atoms with Crippen LogP contribution in [0.3, 0.4) is 0 Å². The maximum absolute atomic E-state index is 13.0. The summed E-state index contributed by atoms with van der Waals surface area (Å²) in [6.07, 6.45) is 1.73. The summed E-state index contributed by atoms with van der Waals surface area (Å²) in [4.78, 5) is 27.6. The minimum Gasteiger partial charge on any atom is -0.507 e. The average Bonchev–Trinajstić information content (AvgIpc) is 3.36. The first-order valence-electron chi connectivity index (χ1n) is 10.5. The van der Waals surface area contributed by atoms with E-state index in [9.17, 15) is 14.7 Å². The van der Waals surface area contributed by atoms with Gasteiger partial charge in [0.1, 0.15) is 5.76 Å². The van der Waals surface area contributed by atoms with Crippen molar-refractivity contribution >= 4 is 17.4 Å². The fourth-order valence-corrected chi connectivity index (χ4v) is 4.24. The van der Waals surface area contributed by atoms with E-state index in [1.165, 1.54) is 5.56 Å². The fraction of sp³-hybridized carbons (Fsp3) is 0.360. The Morgan fingerprint density at radius 1 is 1.10 bits per heavy atom. The van der Waals surface area contributed by atoms with Gasteiger partial charge in [0.2, 0.25) is 0 Å². The predicted molar refractivity (Wildman–Crippen MR) is 115 cm³/mol. The van der Waals surface area contributed by atoms with Crippen molar-refractivity contribution in [3.8, 4) is 0 Å². The third-order valence-corrected chi connectivity index (χ3v) is 5.93. The van der Waals surface area contributed by atoms with Crippen molar-refractivity contribution in [3.63, 3.8) is 0 Å². The molecule has 1 N–H and O–H groups in total. The van der Waals surface area contributed by atoms with Gasteiger partial charge < -0.3 is 14.7 Å². The SMILES string of the molecule is CC(C)c1ccc([C@H]2C(=C(O)c3ccccc3)C(=O)C(=O)N2C[C@H]2CCCO2)cc1.